The van der Waals surface area contributed by atoms with Crippen LogP contribution in [0.25, 0.3) is 0 Å². The van der Waals surface area contributed by atoms with E-state index in [1.54, 1.807) is 0 Å². The summed E-state index contributed by atoms with van der Waals surface area (Å²) in [6, 6.07) is 3.80. The minimum atomic E-state index is -0.278. The SMILES string of the molecule is CC(C)(N)Cc1cc(Cl)cc2c1OCOC2. The maximum atomic E-state index is 6.06. The van der Waals surface area contributed by atoms with Crippen LogP contribution >= 0.6 is 11.6 Å². The largest absolute Gasteiger partial charge is 0.467 e. The predicted octanol–water partition coefficient (Wildman–Crippen LogP) is 2.49. The molecule has 0 amide bonds. The van der Waals surface area contributed by atoms with Crippen LogP contribution in [0.15, 0.2) is 12.1 Å². The first-order valence-corrected chi connectivity index (χ1v) is 5.64. The van der Waals surface area contributed by atoms with Gasteiger partial charge in [-0.05, 0) is 38.0 Å². The molecule has 0 radical (unpaired) electrons. The lowest BCUT2D eigenvalue weighted by molar-refractivity contribution is -0.0171. The lowest BCUT2D eigenvalue weighted by Gasteiger charge is -2.25. The topological polar surface area (TPSA) is 44.5 Å². The Morgan fingerprint density at radius 3 is 2.88 bits per heavy atom. The average Bonchev–Trinajstić information content (AvgIpc) is 2.14. The fraction of sp³-hybridized carbons (Fsp3) is 0.500. The van der Waals surface area contributed by atoms with Crippen LogP contribution in [0, 0.1) is 0 Å². The van der Waals surface area contributed by atoms with E-state index in [-0.39, 0.29) is 5.54 Å². The van der Waals surface area contributed by atoms with Gasteiger partial charge < -0.3 is 15.2 Å². The normalized spacial score (nSPS) is 15.5. The number of benzene rings is 1. The van der Waals surface area contributed by atoms with Crippen LogP contribution in [0.3, 0.4) is 0 Å². The highest BCUT2D eigenvalue weighted by Gasteiger charge is 2.20. The van der Waals surface area contributed by atoms with E-state index in [2.05, 4.69) is 0 Å². The molecule has 88 valence electrons. The third-order valence-electron chi connectivity index (χ3n) is 2.40. The van der Waals surface area contributed by atoms with Crippen molar-refractivity contribution in [3.8, 4) is 5.75 Å². The van der Waals surface area contributed by atoms with Gasteiger partial charge >= 0.3 is 0 Å². The predicted molar refractivity (Wildman–Crippen MR) is 63.7 cm³/mol. The maximum Gasteiger partial charge on any atom is 0.189 e. The molecule has 2 N–H and O–H groups in total. The number of ether oxygens (including phenoxy) is 2. The van der Waals surface area contributed by atoms with Crippen molar-refractivity contribution in [1.82, 2.24) is 0 Å². The Morgan fingerprint density at radius 2 is 2.19 bits per heavy atom. The summed E-state index contributed by atoms with van der Waals surface area (Å²) in [6.07, 6.45) is 0.732. The molecule has 0 bridgehead atoms. The first-order valence-electron chi connectivity index (χ1n) is 5.26. The zero-order chi connectivity index (χ0) is 11.8. The molecule has 1 aliphatic rings. The summed E-state index contributed by atoms with van der Waals surface area (Å²) >= 11 is 6.06. The molecule has 0 fully saturated rings. The molecule has 1 aromatic rings. The summed E-state index contributed by atoms with van der Waals surface area (Å²) in [5, 5.41) is 0.701. The molecule has 0 unspecified atom stereocenters. The second-order valence-electron chi connectivity index (χ2n) is 4.83. The highest BCUT2D eigenvalue weighted by atomic mass is 35.5. The van der Waals surface area contributed by atoms with Crippen molar-refractivity contribution >= 4 is 11.6 Å². The number of fused-ring (bicyclic) bond motifs is 1. The van der Waals surface area contributed by atoms with Gasteiger partial charge in [-0.2, -0.15) is 0 Å². The molecule has 4 heteroatoms. The number of nitrogens with two attached hydrogens (primary N) is 1. The van der Waals surface area contributed by atoms with E-state index in [0.717, 1.165) is 23.3 Å². The van der Waals surface area contributed by atoms with E-state index in [4.69, 9.17) is 26.8 Å². The molecule has 1 heterocycles. The van der Waals surface area contributed by atoms with Gasteiger partial charge in [0, 0.05) is 16.1 Å². The first kappa shape index (κ1) is 11.7. The van der Waals surface area contributed by atoms with Crippen LogP contribution < -0.4 is 10.5 Å². The number of rotatable bonds is 2. The molecule has 1 aliphatic heterocycles. The van der Waals surface area contributed by atoms with Crippen LogP contribution in [0.2, 0.25) is 5.02 Å². The fourth-order valence-electron chi connectivity index (χ4n) is 1.88. The molecular weight excluding hydrogens is 226 g/mol. The molecule has 0 atom stereocenters. The van der Waals surface area contributed by atoms with Crippen molar-refractivity contribution in [2.45, 2.75) is 32.4 Å². The molecule has 3 nitrogen and oxygen atoms in total. The number of halogens is 1. The smallest absolute Gasteiger partial charge is 0.189 e. The molecule has 1 aromatic carbocycles. The summed E-state index contributed by atoms with van der Waals surface area (Å²) in [5.41, 5.74) is 7.80. The third kappa shape index (κ3) is 2.67. The lowest BCUT2D eigenvalue weighted by atomic mass is 9.94. The highest BCUT2D eigenvalue weighted by molar-refractivity contribution is 6.30. The Hall–Kier alpha value is -0.770. The van der Waals surface area contributed by atoms with E-state index in [0.29, 0.717) is 18.4 Å². The van der Waals surface area contributed by atoms with Gasteiger partial charge in [-0.1, -0.05) is 11.6 Å². The molecular formula is C12H16ClNO2. The van der Waals surface area contributed by atoms with Gasteiger partial charge in [0.15, 0.2) is 6.79 Å². The first-order chi connectivity index (χ1) is 7.46. The van der Waals surface area contributed by atoms with Gasteiger partial charge in [0.2, 0.25) is 0 Å². The van der Waals surface area contributed by atoms with Gasteiger partial charge in [-0.25, -0.2) is 0 Å². The van der Waals surface area contributed by atoms with Crippen LogP contribution in [0.1, 0.15) is 25.0 Å². The number of hydrogen-bond acceptors (Lipinski definition) is 3. The van der Waals surface area contributed by atoms with Crippen molar-refractivity contribution in [1.29, 1.82) is 0 Å². The van der Waals surface area contributed by atoms with Crippen LogP contribution in [0.4, 0.5) is 0 Å². The molecule has 2 rings (SSSR count). The summed E-state index contributed by atoms with van der Waals surface area (Å²) in [5.74, 6) is 0.883. The summed E-state index contributed by atoms with van der Waals surface area (Å²) in [7, 11) is 0. The Balaban J connectivity index is 2.39. The standard InChI is InChI=1S/C12H16ClNO2/c1-12(2,14)5-8-3-10(13)4-9-6-15-7-16-11(8)9/h3-4H,5-7,14H2,1-2H3. The fourth-order valence-corrected chi connectivity index (χ4v) is 2.14. The van der Waals surface area contributed by atoms with Crippen molar-refractivity contribution in [3.05, 3.63) is 28.3 Å². The minimum absolute atomic E-state index is 0.278. The van der Waals surface area contributed by atoms with E-state index >= 15 is 0 Å². The molecule has 0 aromatic heterocycles. The molecule has 0 saturated carbocycles. The molecule has 0 saturated heterocycles. The van der Waals surface area contributed by atoms with E-state index < -0.39 is 0 Å². The summed E-state index contributed by atoms with van der Waals surface area (Å²) < 4.78 is 10.7. The molecule has 0 aliphatic carbocycles. The maximum absolute atomic E-state index is 6.06. The monoisotopic (exact) mass is 241 g/mol. The van der Waals surface area contributed by atoms with E-state index in [1.165, 1.54) is 0 Å². The zero-order valence-electron chi connectivity index (χ0n) is 9.55. The highest BCUT2D eigenvalue weighted by Crippen LogP contribution is 2.33. The Kier molecular flexibility index (Phi) is 3.10. The average molecular weight is 242 g/mol. The quantitative estimate of drug-likeness (QED) is 0.865. The van der Waals surface area contributed by atoms with E-state index in [9.17, 15) is 0 Å². The summed E-state index contributed by atoms with van der Waals surface area (Å²) in [6.45, 7) is 4.82. The van der Waals surface area contributed by atoms with Gasteiger partial charge in [-0.3, -0.25) is 0 Å². The van der Waals surface area contributed by atoms with Gasteiger partial charge in [0.05, 0.1) is 6.61 Å². The van der Waals surface area contributed by atoms with Gasteiger partial charge in [-0.15, -0.1) is 0 Å². The molecule has 0 spiro atoms. The Bertz CT molecular complexity index is 399. The van der Waals surface area contributed by atoms with Gasteiger partial charge in [0.25, 0.3) is 0 Å². The number of hydrogen-bond donors (Lipinski definition) is 1. The van der Waals surface area contributed by atoms with Gasteiger partial charge in [0.1, 0.15) is 5.75 Å². The minimum Gasteiger partial charge on any atom is -0.467 e. The second-order valence-corrected chi connectivity index (χ2v) is 5.27. The van der Waals surface area contributed by atoms with Crippen LogP contribution in [0.5, 0.6) is 5.75 Å². The zero-order valence-corrected chi connectivity index (χ0v) is 10.3. The van der Waals surface area contributed by atoms with Crippen LogP contribution in [-0.2, 0) is 17.8 Å². The van der Waals surface area contributed by atoms with Crippen molar-refractivity contribution < 1.29 is 9.47 Å². The summed E-state index contributed by atoms with van der Waals surface area (Å²) in [4.78, 5) is 0. The van der Waals surface area contributed by atoms with Crippen molar-refractivity contribution in [2.75, 3.05) is 6.79 Å². The van der Waals surface area contributed by atoms with Crippen molar-refractivity contribution in [3.63, 3.8) is 0 Å². The van der Waals surface area contributed by atoms with Crippen LogP contribution in [-0.4, -0.2) is 12.3 Å². The van der Waals surface area contributed by atoms with E-state index in [1.807, 2.05) is 26.0 Å². The lowest BCUT2D eigenvalue weighted by Crippen LogP contribution is -2.34. The second kappa shape index (κ2) is 4.24. The third-order valence-corrected chi connectivity index (χ3v) is 2.62. The molecule has 16 heavy (non-hydrogen) atoms. The van der Waals surface area contributed by atoms with Crippen molar-refractivity contribution in [2.24, 2.45) is 5.73 Å². The Labute approximate surface area is 100 Å². The Morgan fingerprint density at radius 1 is 1.44 bits per heavy atom.